The summed E-state index contributed by atoms with van der Waals surface area (Å²) in [7, 11) is 1.60. The summed E-state index contributed by atoms with van der Waals surface area (Å²) in [4.78, 5) is 16.0. The molecular weight excluding hydrogens is 244 g/mol. The lowest BCUT2D eigenvalue weighted by molar-refractivity contribution is 0.101. The van der Waals surface area contributed by atoms with Gasteiger partial charge in [0.15, 0.2) is 0 Å². The molecule has 0 bridgehead atoms. The summed E-state index contributed by atoms with van der Waals surface area (Å²) in [5.74, 6) is 1.26. The van der Waals surface area contributed by atoms with Gasteiger partial charge in [0.1, 0.15) is 11.6 Å². The number of ether oxygens (including phenoxy) is 1. The van der Waals surface area contributed by atoms with E-state index in [0.29, 0.717) is 17.9 Å². The molecule has 6 nitrogen and oxygen atoms in total. The molecule has 0 fully saturated rings. The summed E-state index contributed by atoms with van der Waals surface area (Å²) >= 11 is 0. The smallest absolute Gasteiger partial charge is 0.295 e. The summed E-state index contributed by atoms with van der Waals surface area (Å²) in [5.41, 5.74) is 1.63. The number of carbonyl (C=O) groups is 1. The highest BCUT2D eigenvalue weighted by Crippen LogP contribution is 2.21. The van der Waals surface area contributed by atoms with Crippen LogP contribution in [0, 0.1) is 6.92 Å². The number of methoxy groups -OCH3 is 1. The van der Waals surface area contributed by atoms with Crippen molar-refractivity contribution in [3.8, 4) is 5.75 Å². The molecule has 6 heteroatoms. The maximum absolute atomic E-state index is 12.0. The van der Waals surface area contributed by atoms with E-state index in [4.69, 9.17) is 4.74 Å². The lowest BCUT2D eigenvalue weighted by Crippen LogP contribution is -2.14. The number of amides is 1. The summed E-state index contributed by atoms with van der Waals surface area (Å²) in [5, 5.41) is 9.36. The van der Waals surface area contributed by atoms with Gasteiger partial charge in [0.05, 0.1) is 7.11 Å². The Bertz CT molecular complexity index is 592. The van der Waals surface area contributed by atoms with E-state index >= 15 is 0 Å². The molecular formula is C13H16N4O2. The van der Waals surface area contributed by atoms with Crippen molar-refractivity contribution < 1.29 is 9.53 Å². The van der Waals surface area contributed by atoms with Gasteiger partial charge < -0.3 is 10.1 Å². The highest BCUT2D eigenvalue weighted by atomic mass is 16.5. The number of rotatable bonds is 4. The molecule has 2 rings (SSSR count). The maximum atomic E-state index is 12.0. The minimum absolute atomic E-state index is 0.145. The quantitative estimate of drug-likeness (QED) is 0.880. The molecule has 0 saturated heterocycles. The van der Waals surface area contributed by atoms with Crippen LogP contribution in [0.5, 0.6) is 5.75 Å². The number of benzene rings is 1. The molecule has 0 atom stereocenters. The van der Waals surface area contributed by atoms with Crippen LogP contribution in [0.25, 0.3) is 0 Å². The molecule has 1 amide bonds. The molecule has 1 aromatic heterocycles. The van der Waals surface area contributed by atoms with E-state index in [2.05, 4.69) is 20.5 Å². The lowest BCUT2D eigenvalue weighted by atomic mass is 10.2. The van der Waals surface area contributed by atoms with Crippen LogP contribution in [0.1, 0.15) is 28.9 Å². The van der Waals surface area contributed by atoms with Gasteiger partial charge in [-0.1, -0.05) is 6.92 Å². The number of aromatic amines is 1. The van der Waals surface area contributed by atoms with E-state index in [-0.39, 0.29) is 11.7 Å². The van der Waals surface area contributed by atoms with E-state index < -0.39 is 0 Å². The molecule has 0 aliphatic heterocycles. The van der Waals surface area contributed by atoms with Gasteiger partial charge in [-0.05, 0) is 30.7 Å². The summed E-state index contributed by atoms with van der Waals surface area (Å²) in [6.45, 7) is 3.84. The van der Waals surface area contributed by atoms with Gasteiger partial charge in [0.2, 0.25) is 5.82 Å². The number of anilines is 1. The predicted molar refractivity (Wildman–Crippen MR) is 71.4 cm³/mol. The first-order valence-electron chi connectivity index (χ1n) is 6.01. The Hall–Kier alpha value is -2.37. The van der Waals surface area contributed by atoms with Crippen molar-refractivity contribution in [2.45, 2.75) is 20.3 Å². The third-order valence-electron chi connectivity index (χ3n) is 2.75. The summed E-state index contributed by atoms with van der Waals surface area (Å²) in [6, 6.07) is 5.43. The van der Waals surface area contributed by atoms with Crippen molar-refractivity contribution in [3.05, 3.63) is 35.4 Å². The normalized spacial score (nSPS) is 10.3. The molecule has 2 N–H and O–H groups in total. The average Bonchev–Trinajstić information content (AvgIpc) is 2.90. The number of hydrogen-bond acceptors (Lipinski definition) is 4. The topological polar surface area (TPSA) is 79.9 Å². The van der Waals surface area contributed by atoms with Crippen LogP contribution in [0.4, 0.5) is 5.69 Å². The van der Waals surface area contributed by atoms with Gasteiger partial charge >= 0.3 is 0 Å². The van der Waals surface area contributed by atoms with Crippen LogP contribution >= 0.6 is 0 Å². The minimum Gasteiger partial charge on any atom is -0.497 e. The fourth-order valence-electron chi connectivity index (χ4n) is 1.64. The third-order valence-corrected chi connectivity index (χ3v) is 2.75. The van der Waals surface area contributed by atoms with Crippen LogP contribution in [-0.4, -0.2) is 28.2 Å². The van der Waals surface area contributed by atoms with E-state index in [1.54, 1.807) is 19.2 Å². The van der Waals surface area contributed by atoms with Crippen LogP contribution in [0.15, 0.2) is 18.2 Å². The first-order valence-corrected chi connectivity index (χ1v) is 6.01. The highest BCUT2D eigenvalue weighted by Gasteiger charge is 2.13. The fraction of sp³-hybridized carbons (Fsp3) is 0.308. The van der Waals surface area contributed by atoms with Gasteiger partial charge in [-0.25, -0.2) is 4.98 Å². The Balaban J connectivity index is 2.14. The minimum atomic E-state index is -0.329. The first kappa shape index (κ1) is 13.1. The Kier molecular flexibility index (Phi) is 3.79. The van der Waals surface area contributed by atoms with Crippen molar-refractivity contribution in [2.24, 2.45) is 0 Å². The first-order chi connectivity index (χ1) is 9.13. The fourth-order valence-corrected chi connectivity index (χ4v) is 1.64. The van der Waals surface area contributed by atoms with Crippen LogP contribution in [0.3, 0.4) is 0 Å². The second kappa shape index (κ2) is 5.51. The molecule has 0 aliphatic carbocycles. The molecule has 19 heavy (non-hydrogen) atoms. The van der Waals surface area contributed by atoms with Gasteiger partial charge in [0.25, 0.3) is 5.91 Å². The molecule has 0 unspecified atom stereocenters. The molecule has 1 heterocycles. The highest BCUT2D eigenvalue weighted by molar-refractivity contribution is 6.01. The zero-order valence-electron chi connectivity index (χ0n) is 11.2. The Morgan fingerprint density at radius 1 is 1.47 bits per heavy atom. The van der Waals surface area contributed by atoms with E-state index in [1.165, 1.54) is 0 Å². The van der Waals surface area contributed by atoms with Crippen LogP contribution in [-0.2, 0) is 6.42 Å². The van der Waals surface area contributed by atoms with E-state index in [9.17, 15) is 4.79 Å². The maximum Gasteiger partial charge on any atom is 0.295 e. The van der Waals surface area contributed by atoms with Crippen molar-refractivity contribution in [3.63, 3.8) is 0 Å². The largest absolute Gasteiger partial charge is 0.497 e. The second-order valence-corrected chi connectivity index (χ2v) is 4.09. The molecule has 0 aliphatic rings. The SMILES string of the molecule is CCc1nc(C(=O)Nc2ccc(OC)cc2C)n[nH]1. The van der Waals surface area contributed by atoms with E-state index in [0.717, 1.165) is 11.3 Å². The molecule has 0 radical (unpaired) electrons. The molecule has 0 saturated carbocycles. The zero-order valence-corrected chi connectivity index (χ0v) is 11.2. The molecule has 2 aromatic rings. The van der Waals surface area contributed by atoms with Gasteiger partial charge in [-0.3, -0.25) is 9.89 Å². The Morgan fingerprint density at radius 3 is 2.84 bits per heavy atom. The standard InChI is InChI=1S/C13H16N4O2/c1-4-11-15-12(17-16-11)13(18)14-10-6-5-9(19-3)7-8(10)2/h5-7H,4H2,1-3H3,(H,14,18)(H,15,16,17). The number of aryl methyl sites for hydroxylation is 2. The Labute approximate surface area is 111 Å². The van der Waals surface area contributed by atoms with Crippen molar-refractivity contribution in [2.75, 3.05) is 12.4 Å². The average molecular weight is 260 g/mol. The van der Waals surface area contributed by atoms with Crippen molar-refractivity contribution in [1.29, 1.82) is 0 Å². The van der Waals surface area contributed by atoms with Crippen molar-refractivity contribution >= 4 is 11.6 Å². The monoisotopic (exact) mass is 260 g/mol. The Morgan fingerprint density at radius 2 is 2.26 bits per heavy atom. The third kappa shape index (κ3) is 2.90. The lowest BCUT2D eigenvalue weighted by Gasteiger charge is -2.08. The number of carbonyl (C=O) groups excluding carboxylic acids is 1. The number of hydrogen-bond donors (Lipinski definition) is 2. The summed E-state index contributed by atoms with van der Waals surface area (Å²) in [6.07, 6.45) is 0.710. The molecule has 0 spiro atoms. The van der Waals surface area contributed by atoms with Crippen molar-refractivity contribution in [1.82, 2.24) is 15.2 Å². The molecule has 100 valence electrons. The van der Waals surface area contributed by atoms with Gasteiger partial charge in [0, 0.05) is 12.1 Å². The summed E-state index contributed by atoms with van der Waals surface area (Å²) < 4.78 is 5.12. The van der Waals surface area contributed by atoms with Crippen LogP contribution in [0.2, 0.25) is 0 Å². The number of aromatic nitrogens is 3. The van der Waals surface area contributed by atoms with Crippen LogP contribution < -0.4 is 10.1 Å². The molecule has 1 aromatic carbocycles. The predicted octanol–water partition coefficient (Wildman–Crippen LogP) is 1.94. The number of H-pyrrole nitrogens is 1. The van der Waals surface area contributed by atoms with Gasteiger partial charge in [-0.2, -0.15) is 0 Å². The van der Waals surface area contributed by atoms with E-state index in [1.807, 2.05) is 19.9 Å². The second-order valence-electron chi connectivity index (χ2n) is 4.09. The number of nitrogens with zero attached hydrogens (tertiary/aromatic N) is 2. The number of nitrogens with one attached hydrogen (secondary N) is 2. The zero-order chi connectivity index (χ0) is 13.8. The van der Waals surface area contributed by atoms with Gasteiger partial charge in [-0.15, -0.1) is 5.10 Å².